The van der Waals surface area contributed by atoms with Gasteiger partial charge in [0.25, 0.3) is 0 Å². The highest BCUT2D eigenvalue weighted by Gasteiger charge is 2.35. The predicted molar refractivity (Wildman–Crippen MR) is 60.1 cm³/mol. The summed E-state index contributed by atoms with van der Waals surface area (Å²) >= 11 is 0. The molecule has 0 aromatic carbocycles. The van der Waals surface area contributed by atoms with Crippen LogP contribution in [0.3, 0.4) is 0 Å². The molecule has 14 heavy (non-hydrogen) atoms. The second kappa shape index (κ2) is 4.63. The fourth-order valence-corrected chi connectivity index (χ4v) is 2.54. The van der Waals surface area contributed by atoms with Gasteiger partial charge in [-0.2, -0.15) is 0 Å². The van der Waals surface area contributed by atoms with Crippen molar-refractivity contribution in [3.05, 3.63) is 0 Å². The average molecular weight is 199 g/mol. The average Bonchev–Trinajstić information content (AvgIpc) is 2.15. The first kappa shape index (κ1) is 12.0. The van der Waals surface area contributed by atoms with Gasteiger partial charge >= 0.3 is 0 Å². The molecule has 0 aromatic rings. The zero-order valence-corrected chi connectivity index (χ0v) is 10.0. The molecule has 3 unspecified atom stereocenters. The minimum atomic E-state index is 0.387. The Morgan fingerprint density at radius 2 is 1.93 bits per heavy atom. The molecule has 2 N–H and O–H groups in total. The lowest BCUT2D eigenvalue weighted by Crippen LogP contribution is -2.39. The van der Waals surface area contributed by atoms with Gasteiger partial charge in [0.1, 0.15) is 0 Å². The number of methoxy groups -OCH3 is 1. The molecule has 2 heteroatoms. The minimum absolute atomic E-state index is 0.387. The maximum absolute atomic E-state index is 5.74. The van der Waals surface area contributed by atoms with Crippen molar-refractivity contribution >= 4 is 0 Å². The molecule has 0 radical (unpaired) electrons. The van der Waals surface area contributed by atoms with Gasteiger partial charge in [-0.15, -0.1) is 0 Å². The van der Waals surface area contributed by atoms with Crippen LogP contribution in [0.4, 0.5) is 0 Å². The first-order chi connectivity index (χ1) is 6.49. The molecule has 0 amide bonds. The third-order valence-corrected chi connectivity index (χ3v) is 3.76. The molecule has 84 valence electrons. The van der Waals surface area contributed by atoms with Crippen LogP contribution >= 0.6 is 0 Å². The number of hydrogen-bond donors (Lipinski definition) is 1. The van der Waals surface area contributed by atoms with Gasteiger partial charge < -0.3 is 10.5 Å². The van der Waals surface area contributed by atoms with E-state index in [0.29, 0.717) is 17.4 Å². The summed E-state index contributed by atoms with van der Waals surface area (Å²) in [6, 6.07) is 0. The summed E-state index contributed by atoms with van der Waals surface area (Å²) in [4.78, 5) is 0. The number of rotatable bonds is 2. The van der Waals surface area contributed by atoms with Crippen molar-refractivity contribution in [1.29, 1.82) is 0 Å². The van der Waals surface area contributed by atoms with Gasteiger partial charge in [0.2, 0.25) is 0 Å². The number of ether oxygens (including phenoxy) is 1. The Morgan fingerprint density at radius 1 is 1.29 bits per heavy atom. The lowest BCUT2D eigenvalue weighted by Gasteiger charge is -2.40. The minimum Gasteiger partial charge on any atom is -0.381 e. The Kier molecular flexibility index (Phi) is 3.96. The van der Waals surface area contributed by atoms with Gasteiger partial charge in [-0.1, -0.05) is 20.8 Å². The molecular formula is C12H25NO. The van der Waals surface area contributed by atoms with E-state index in [-0.39, 0.29) is 0 Å². The fourth-order valence-electron chi connectivity index (χ4n) is 2.54. The molecule has 1 aliphatic rings. The highest BCUT2D eigenvalue weighted by atomic mass is 16.5. The van der Waals surface area contributed by atoms with Gasteiger partial charge in [-0.05, 0) is 43.1 Å². The van der Waals surface area contributed by atoms with E-state index < -0.39 is 0 Å². The van der Waals surface area contributed by atoms with E-state index in [2.05, 4.69) is 20.8 Å². The van der Waals surface area contributed by atoms with Gasteiger partial charge in [0.15, 0.2) is 0 Å². The Morgan fingerprint density at radius 3 is 2.36 bits per heavy atom. The third-order valence-electron chi connectivity index (χ3n) is 3.76. The molecule has 3 atom stereocenters. The molecule has 0 spiro atoms. The summed E-state index contributed by atoms with van der Waals surface area (Å²) in [5.74, 6) is 1.37. The van der Waals surface area contributed by atoms with Crippen molar-refractivity contribution in [2.45, 2.75) is 46.1 Å². The molecule has 1 fully saturated rings. The van der Waals surface area contributed by atoms with Crippen LogP contribution in [0.2, 0.25) is 0 Å². The zero-order chi connectivity index (χ0) is 10.8. The molecule has 1 rings (SSSR count). The first-order valence-corrected chi connectivity index (χ1v) is 5.72. The number of nitrogens with two attached hydrogens (primary N) is 1. The summed E-state index contributed by atoms with van der Waals surface area (Å²) in [7, 11) is 1.82. The second-order valence-corrected chi connectivity index (χ2v) is 5.65. The highest BCUT2D eigenvalue weighted by Crippen LogP contribution is 2.40. The van der Waals surface area contributed by atoms with Crippen molar-refractivity contribution in [2.24, 2.45) is 23.0 Å². The molecular weight excluding hydrogens is 174 g/mol. The van der Waals surface area contributed by atoms with Crippen LogP contribution in [-0.2, 0) is 4.74 Å². The quantitative estimate of drug-likeness (QED) is 0.741. The summed E-state index contributed by atoms with van der Waals surface area (Å²) in [6.45, 7) is 7.75. The molecule has 0 bridgehead atoms. The van der Waals surface area contributed by atoms with E-state index in [1.54, 1.807) is 0 Å². The van der Waals surface area contributed by atoms with Crippen LogP contribution in [0.5, 0.6) is 0 Å². The summed E-state index contributed by atoms with van der Waals surface area (Å²) in [5.41, 5.74) is 6.16. The smallest absolute Gasteiger partial charge is 0.0614 e. The molecule has 0 heterocycles. The molecule has 2 nitrogen and oxygen atoms in total. The summed E-state index contributed by atoms with van der Waals surface area (Å²) < 4.78 is 5.54. The van der Waals surface area contributed by atoms with Crippen molar-refractivity contribution in [3.63, 3.8) is 0 Å². The maximum atomic E-state index is 5.74. The van der Waals surface area contributed by atoms with Crippen LogP contribution in [0.1, 0.15) is 40.0 Å². The van der Waals surface area contributed by atoms with Gasteiger partial charge in [0, 0.05) is 7.11 Å². The second-order valence-electron chi connectivity index (χ2n) is 5.65. The van der Waals surface area contributed by atoms with E-state index >= 15 is 0 Å². The fraction of sp³-hybridized carbons (Fsp3) is 1.00. The normalized spacial score (nSPS) is 34.5. The first-order valence-electron chi connectivity index (χ1n) is 5.72. The Hall–Kier alpha value is -0.0800. The van der Waals surface area contributed by atoms with E-state index in [0.717, 1.165) is 12.5 Å². The van der Waals surface area contributed by atoms with E-state index in [4.69, 9.17) is 10.5 Å². The van der Waals surface area contributed by atoms with E-state index in [9.17, 15) is 0 Å². The van der Waals surface area contributed by atoms with Crippen LogP contribution in [0.15, 0.2) is 0 Å². The topological polar surface area (TPSA) is 35.2 Å². The molecule has 0 saturated heterocycles. The lowest BCUT2D eigenvalue weighted by molar-refractivity contribution is -0.0146. The zero-order valence-electron chi connectivity index (χ0n) is 10.0. The van der Waals surface area contributed by atoms with Crippen LogP contribution in [-0.4, -0.2) is 19.8 Å². The van der Waals surface area contributed by atoms with Crippen molar-refractivity contribution in [2.75, 3.05) is 13.7 Å². The Labute approximate surface area is 88.2 Å². The Balaban J connectivity index is 2.57. The van der Waals surface area contributed by atoms with Crippen molar-refractivity contribution in [3.8, 4) is 0 Å². The van der Waals surface area contributed by atoms with Crippen LogP contribution in [0.25, 0.3) is 0 Å². The van der Waals surface area contributed by atoms with Gasteiger partial charge in [0.05, 0.1) is 6.10 Å². The predicted octanol–water partition coefficient (Wildman–Crippen LogP) is 2.42. The summed E-state index contributed by atoms with van der Waals surface area (Å²) in [6.07, 6.45) is 4.11. The molecule has 1 saturated carbocycles. The van der Waals surface area contributed by atoms with Crippen LogP contribution in [0, 0.1) is 17.3 Å². The molecule has 0 aliphatic heterocycles. The number of hydrogen-bond acceptors (Lipinski definition) is 2. The monoisotopic (exact) mass is 199 g/mol. The van der Waals surface area contributed by atoms with Crippen molar-refractivity contribution < 1.29 is 4.74 Å². The van der Waals surface area contributed by atoms with E-state index in [1.165, 1.54) is 19.3 Å². The molecule has 1 aliphatic carbocycles. The van der Waals surface area contributed by atoms with Gasteiger partial charge in [-0.25, -0.2) is 0 Å². The Bertz CT molecular complexity index is 174. The lowest BCUT2D eigenvalue weighted by atomic mass is 9.68. The highest BCUT2D eigenvalue weighted by molar-refractivity contribution is 4.86. The third kappa shape index (κ3) is 2.71. The largest absolute Gasteiger partial charge is 0.381 e. The SMILES string of the molecule is COC1CC(C(C)(C)C)CCC1CN. The van der Waals surface area contributed by atoms with Crippen LogP contribution < -0.4 is 5.73 Å². The van der Waals surface area contributed by atoms with E-state index in [1.807, 2.05) is 7.11 Å². The van der Waals surface area contributed by atoms with Gasteiger partial charge in [-0.3, -0.25) is 0 Å². The maximum Gasteiger partial charge on any atom is 0.0614 e. The standard InChI is InChI=1S/C12H25NO/c1-12(2,3)10-6-5-9(8-13)11(7-10)14-4/h9-11H,5-8,13H2,1-4H3. The summed E-state index contributed by atoms with van der Waals surface area (Å²) in [5, 5.41) is 0. The van der Waals surface area contributed by atoms with Crippen molar-refractivity contribution in [1.82, 2.24) is 0 Å². The molecule has 0 aromatic heterocycles.